The number of carbonyl (C=O) groups excluding carboxylic acids is 1. The molecule has 0 aliphatic rings. The van der Waals surface area contributed by atoms with Crippen LogP contribution in [0, 0.1) is 0 Å². The molecule has 0 aliphatic heterocycles. The van der Waals surface area contributed by atoms with E-state index in [1.165, 1.54) is 18.2 Å². The summed E-state index contributed by atoms with van der Waals surface area (Å²) >= 11 is 0. The van der Waals surface area contributed by atoms with E-state index in [1.807, 2.05) is 12.1 Å². The van der Waals surface area contributed by atoms with E-state index in [9.17, 15) is 4.79 Å². The van der Waals surface area contributed by atoms with Crippen molar-refractivity contribution in [1.82, 2.24) is 5.32 Å². The number of rotatable bonds is 8. The second kappa shape index (κ2) is 8.66. The van der Waals surface area contributed by atoms with Crippen LogP contribution in [0.4, 0.5) is 0 Å². The van der Waals surface area contributed by atoms with Crippen LogP contribution in [-0.4, -0.2) is 26.7 Å². The lowest BCUT2D eigenvalue weighted by molar-refractivity contribution is -0.140. The maximum Gasteiger partial charge on any atom is 0.305 e. The molecule has 0 unspecified atom stereocenters. The standard InChI is InChI=1S/C14H21NO3/c1-17-11-13-7-4-3-6-12(13)10-15-9-5-8-14(16)18-2/h3-4,6-7,15H,5,8-11H2,1-2H3. The highest BCUT2D eigenvalue weighted by Crippen LogP contribution is 2.09. The molecule has 0 aromatic heterocycles. The van der Waals surface area contributed by atoms with Gasteiger partial charge in [0, 0.05) is 20.1 Å². The number of nitrogens with one attached hydrogen (secondary N) is 1. The highest BCUT2D eigenvalue weighted by atomic mass is 16.5. The Balaban J connectivity index is 2.28. The van der Waals surface area contributed by atoms with Gasteiger partial charge >= 0.3 is 5.97 Å². The van der Waals surface area contributed by atoms with Crippen molar-refractivity contribution in [2.45, 2.75) is 26.0 Å². The molecule has 0 atom stereocenters. The molecule has 0 aliphatic carbocycles. The first-order chi connectivity index (χ1) is 8.77. The first kappa shape index (κ1) is 14.7. The molecule has 0 fully saturated rings. The molecular weight excluding hydrogens is 230 g/mol. The van der Waals surface area contributed by atoms with E-state index < -0.39 is 0 Å². The molecule has 0 amide bonds. The van der Waals surface area contributed by atoms with Gasteiger partial charge in [0.1, 0.15) is 0 Å². The summed E-state index contributed by atoms with van der Waals surface area (Å²) in [5.41, 5.74) is 2.43. The molecule has 100 valence electrons. The Morgan fingerprint density at radius 2 is 1.94 bits per heavy atom. The van der Waals surface area contributed by atoms with Crippen molar-refractivity contribution in [1.29, 1.82) is 0 Å². The average molecular weight is 251 g/mol. The Morgan fingerprint density at radius 3 is 2.61 bits per heavy atom. The molecular formula is C14H21NO3. The molecule has 0 radical (unpaired) electrons. The molecule has 1 rings (SSSR count). The summed E-state index contributed by atoms with van der Waals surface area (Å²) in [4.78, 5) is 10.9. The number of methoxy groups -OCH3 is 2. The van der Waals surface area contributed by atoms with Gasteiger partial charge in [-0.05, 0) is 24.1 Å². The van der Waals surface area contributed by atoms with Gasteiger partial charge in [0.25, 0.3) is 0 Å². The van der Waals surface area contributed by atoms with Gasteiger partial charge in [-0.3, -0.25) is 4.79 Å². The normalized spacial score (nSPS) is 10.3. The Morgan fingerprint density at radius 1 is 1.22 bits per heavy atom. The maximum absolute atomic E-state index is 10.9. The van der Waals surface area contributed by atoms with E-state index in [0.29, 0.717) is 13.0 Å². The second-order valence-electron chi connectivity index (χ2n) is 4.06. The largest absolute Gasteiger partial charge is 0.469 e. The van der Waals surface area contributed by atoms with Crippen LogP contribution >= 0.6 is 0 Å². The second-order valence-corrected chi connectivity index (χ2v) is 4.06. The van der Waals surface area contributed by atoms with Gasteiger partial charge in [0.05, 0.1) is 13.7 Å². The minimum Gasteiger partial charge on any atom is -0.469 e. The highest BCUT2D eigenvalue weighted by Gasteiger charge is 2.02. The summed E-state index contributed by atoms with van der Waals surface area (Å²) in [6.45, 7) is 2.22. The zero-order chi connectivity index (χ0) is 13.2. The number of ether oxygens (including phenoxy) is 2. The molecule has 1 aromatic rings. The summed E-state index contributed by atoms with van der Waals surface area (Å²) in [6.07, 6.45) is 1.25. The van der Waals surface area contributed by atoms with Crippen LogP contribution in [0.5, 0.6) is 0 Å². The monoisotopic (exact) mass is 251 g/mol. The maximum atomic E-state index is 10.9. The highest BCUT2D eigenvalue weighted by molar-refractivity contribution is 5.69. The predicted octanol–water partition coefficient (Wildman–Crippen LogP) is 1.88. The molecule has 1 aromatic carbocycles. The van der Waals surface area contributed by atoms with Gasteiger partial charge in [0.15, 0.2) is 0 Å². The third-order valence-electron chi connectivity index (χ3n) is 2.70. The molecule has 0 bridgehead atoms. The van der Waals surface area contributed by atoms with E-state index in [4.69, 9.17) is 4.74 Å². The van der Waals surface area contributed by atoms with Crippen LogP contribution in [0.1, 0.15) is 24.0 Å². The lowest BCUT2D eigenvalue weighted by Crippen LogP contribution is -2.17. The summed E-state index contributed by atoms with van der Waals surface area (Å²) in [5, 5.41) is 3.32. The molecule has 1 N–H and O–H groups in total. The predicted molar refractivity (Wildman–Crippen MR) is 70.1 cm³/mol. The summed E-state index contributed by atoms with van der Waals surface area (Å²) in [7, 11) is 3.11. The quantitative estimate of drug-likeness (QED) is 0.566. The van der Waals surface area contributed by atoms with Gasteiger partial charge in [-0.15, -0.1) is 0 Å². The lowest BCUT2D eigenvalue weighted by Gasteiger charge is -2.09. The zero-order valence-corrected chi connectivity index (χ0v) is 11.1. The number of benzene rings is 1. The van der Waals surface area contributed by atoms with E-state index in [2.05, 4.69) is 22.2 Å². The molecule has 18 heavy (non-hydrogen) atoms. The van der Waals surface area contributed by atoms with Crippen molar-refractivity contribution in [2.24, 2.45) is 0 Å². The third-order valence-corrected chi connectivity index (χ3v) is 2.70. The van der Waals surface area contributed by atoms with Crippen LogP contribution < -0.4 is 5.32 Å². The fourth-order valence-electron chi connectivity index (χ4n) is 1.71. The smallest absolute Gasteiger partial charge is 0.305 e. The first-order valence-corrected chi connectivity index (χ1v) is 6.11. The summed E-state index contributed by atoms with van der Waals surface area (Å²) in [5.74, 6) is -0.156. The summed E-state index contributed by atoms with van der Waals surface area (Å²) in [6, 6.07) is 8.18. The molecule has 0 saturated carbocycles. The average Bonchev–Trinajstić information content (AvgIpc) is 2.40. The van der Waals surface area contributed by atoms with Crippen LogP contribution in [0.2, 0.25) is 0 Å². The Labute approximate surface area is 108 Å². The van der Waals surface area contributed by atoms with Crippen molar-refractivity contribution in [2.75, 3.05) is 20.8 Å². The van der Waals surface area contributed by atoms with Crippen LogP contribution in [0.3, 0.4) is 0 Å². The van der Waals surface area contributed by atoms with E-state index in [1.54, 1.807) is 7.11 Å². The minimum atomic E-state index is -0.156. The number of hydrogen-bond donors (Lipinski definition) is 1. The van der Waals surface area contributed by atoms with Crippen molar-refractivity contribution in [3.05, 3.63) is 35.4 Å². The van der Waals surface area contributed by atoms with Crippen LogP contribution in [0.15, 0.2) is 24.3 Å². The SMILES string of the molecule is COCc1ccccc1CNCCCC(=O)OC. The summed E-state index contributed by atoms with van der Waals surface area (Å²) < 4.78 is 9.74. The van der Waals surface area contributed by atoms with Crippen molar-refractivity contribution in [3.8, 4) is 0 Å². The molecule has 0 saturated heterocycles. The molecule has 4 heteroatoms. The van der Waals surface area contributed by atoms with Gasteiger partial charge in [-0.2, -0.15) is 0 Å². The third kappa shape index (κ3) is 5.29. The topological polar surface area (TPSA) is 47.6 Å². The Kier molecular flexibility index (Phi) is 7.06. The van der Waals surface area contributed by atoms with Crippen molar-refractivity contribution >= 4 is 5.97 Å². The van der Waals surface area contributed by atoms with Gasteiger partial charge in [-0.1, -0.05) is 24.3 Å². The van der Waals surface area contributed by atoms with Gasteiger partial charge < -0.3 is 14.8 Å². The molecule has 0 heterocycles. The van der Waals surface area contributed by atoms with Crippen LogP contribution in [0.25, 0.3) is 0 Å². The number of hydrogen-bond acceptors (Lipinski definition) is 4. The first-order valence-electron chi connectivity index (χ1n) is 6.11. The van der Waals surface area contributed by atoms with Crippen molar-refractivity contribution in [3.63, 3.8) is 0 Å². The zero-order valence-electron chi connectivity index (χ0n) is 11.1. The molecule has 0 spiro atoms. The fraction of sp³-hybridized carbons (Fsp3) is 0.500. The Bertz CT molecular complexity index is 366. The minimum absolute atomic E-state index is 0.156. The van der Waals surface area contributed by atoms with E-state index >= 15 is 0 Å². The van der Waals surface area contributed by atoms with Gasteiger partial charge in [0.2, 0.25) is 0 Å². The van der Waals surface area contributed by atoms with Gasteiger partial charge in [-0.25, -0.2) is 0 Å². The van der Waals surface area contributed by atoms with Crippen molar-refractivity contribution < 1.29 is 14.3 Å². The molecule has 4 nitrogen and oxygen atoms in total. The Hall–Kier alpha value is -1.39. The fourth-order valence-corrected chi connectivity index (χ4v) is 1.71. The number of carbonyl (C=O) groups is 1. The van der Waals surface area contributed by atoms with E-state index in [0.717, 1.165) is 19.5 Å². The van der Waals surface area contributed by atoms with E-state index in [-0.39, 0.29) is 5.97 Å². The number of esters is 1. The van der Waals surface area contributed by atoms with Crippen LogP contribution in [-0.2, 0) is 27.4 Å². The lowest BCUT2D eigenvalue weighted by atomic mass is 10.1.